The van der Waals surface area contributed by atoms with Crippen LogP contribution in [0, 0.1) is 0 Å². The number of carboxylic acids is 1. The monoisotopic (exact) mass is 263 g/mol. The van der Waals surface area contributed by atoms with E-state index in [1.54, 1.807) is 6.92 Å². The van der Waals surface area contributed by atoms with Crippen molar-refractivity contribution in [3.05, 3.63) is 0 Å². The molecule has 0 aromatic carbocycles. The first-order valence-electron chi connectivity index (χ1n) is 4.40. The average Bonchev–Trinajstić information content (AvgIpc) is 1.99. The summed E-state index contributed by atoms with van der Waals surface area (Å²) in [6.07, 6.45) is -0.275. The van der Waals surface area contributed by atoms with E-state index in [-0.39, 0.29) is 6.42 Å². The van der Waals surface area contributed by atoms with Crippen LogP contribution in [0.15, 0.2) is 0 Å². The van der Waals surface area contributed by atoms with Gasteiger partial charge < -0.3 is 5.11 Å². The van der Waals surface area contributed by atoms with E-state index >= 15 is 0 Å². The molecule has 0 rings (SSSR count). The van der Waals surface area contributed by atoms with Gasteiger partial charge in [0.15, 0.2) is 0 Å². The number of rotatable bonds is 6. The molecule has 0 saturated carbocycles. The Bertz CT molecular complexity index is 338. The Morgan fingerprint density at radius 1 is 1.44 bits per heavy atom. The topological polar surface area (TPSA) is 83.5 Å². The molecule has 0 saturated heterocycles. The second-order valence-corrected chi connectivity index (χ2v) is 4.86. The van der Waals surface area contributed by atoms with Crippen molar-refractivity contribution in [2.45, 2.75) is 37.7 Å². The summed E-state index contributed by atoms with van der Waals surface area (Å²) < 4.78 is 58.6. The number of hydrogen-bond acceptors (Lipinski definition) is 3. The fourth-order valence-electron chi connectivity index (χ4n) is 1.05. The van der Waals surface area contributed by atoms with Crippen LogP contribution in [0.25, 0.3) is 0 Å². The fraction of sp³-hybridized carbons (Fsp3) is 0.857. The third-order valence-electron chi connectivity index (χ3n) is 1.68. The van der Waals surface area contributed by atoms with Crippen LogP contribution in [0.2, 0.25) is 0 Å². The lowest BCUT2D eigenvalue weighted by atomic mass is 10.1. The Labute approximate surface area is 90.7 Å². The number of aliphatic carboxylic acids is 1. The van der Waals surface area contributed by atoms with E-state index in [2.05, 4.69) is 0 Å². The summed E-state index contributed by atoms with van der Waals surface area (Å²) >= 11 is 0. The summed E-state index contributed by atoms with van der Waals surface area (Å²) in [5.74, 6) is -1.36. The molecule has 0 radical (unpaired) electrons. The average molecular weight is 263 g/mol. The third-order valence-corrected chi connectivity index (χ3v) is 2.94. The maximum atomic E-state index is 12.0. The highest BCUT2D eigenvalue weighted by Crippen LogP contribution is 2.22. The van der Waals surface area contributed by atoms with Crippen molar-refractivity contribution < 1.29 is 31.5 Å². The lowest BCUT2D eigenvalue weighted by molar-refractivity contribution is -0.137. The number of hydrogen-bond donors (Lipinski definition) is 2. The molecule has 0 spiro atoms. The van der Waals surface area contributed by atoms with Crippen LogP contribution in [-0.4, -0.2) is 31.0 Å². The molecule has 2 N–H and O–H groups in total. The molecular formula is C7H12F3NO4S. The Morgan fingerprint density at radius 3 is 2.25 bits per heavy atom. The Hall–Kier alpha value is -0.830. The molecule has 0 fully saturated rings. The van der Waals surface area contributed by atoms with Crippen molar-refractivity contribution in [3.8, 4) is 0 Å². The largest absolute Gasteiger partial charge is 0.511 e. The van der Waals surface area contributed by atoms with Gasteiger partial charge in [-0.05, 0) is 6.42 Å². The molecule has 0 bridgehead atoms. The molecule has 0 heterocycles. The Morgan fingerprint density at radius 2 is 1.94 bits per heavy atom. The van der Waals surface area contributed by atoms with Crippen molar-refractivity contribution in [2.24, 2.45) is 0 Å². The number of carboxylic acid groups (broad SMARTS) is 1. The quantitative estimate of drug-likeness (QED) is 0.750. The van der Waals surface area contributed by atoms with Crippen LogP contribution < -0.4 is 4.72 Å². The van der Waals surface area contributed by atoms with Gasteiger partial charge in [-0.15, -0.1) is 0 Å². The first-order valence-corrected chi connectivity index (χ1v) is 5.89. The van der Waals surface area contributed by atoms with Gasteiger partial charge in [0.1, 0.15) is 0 Å². The summed E-state index contributed by atoms with van der Waals surface area (Å²) in [4.78, 5) is 10.3. The normalized spacial score (nSPS) is 14.8. The minimum atomic E-state index is -5.48. The molecule has 0 aromatic heterocycles. The van der Waals surface area contributed by atoms with Gasteiger partial charge >= 0.3 is 21.5 Å². The predicted molar refractivity (Wildman–Crippen MR) is 49.1 cm³/mol. The Kier molecular flexibility index (Phi) is 5.20. The maximum Gasteiger partial charge on any atom is 0.511 e. The first-order chi connectivity index (χ1) is 7.10. The molecule has 0 aliphatic rings. The maximum absolute atomic E-state index is 12.0. The lowest BCUT2D eigenvalue weighted by Crippen LogP contribution is -2.43. The second kappa shape index (κ2) is 5.48. The van der Waals surface area contributed by atoms with Gasteiger partial charge in [0, 0.05) is 6.04 Å². The van der Waals surface area contributed by atoms with Crippen molar-refractivity contribution in [3.63, 3.8) is 0 Å². The summed E-state index contributed by atoms with van der Waals surface area (Å²) in [7, 11) is -5.48. The zero-order chi connectivity index (χ0) is 13.0. The van der Waals surface area contributed by atoms with Crippen molar-refractivity contribution in [1.82, 2.24) is 4.72 Å². The van der Waals surface area contributed by atoms with Crippen LogP contribution in [-0.2, 0) is 14.8 Å². The van der Waals surface area contributed by atoms with Gasteiger partial charge in [0.25, 0.3) is 0 Å². The Balaban J connectivity index is 4.69. The highest BCUT2D eigenvalue weighted by Gasteiger charge is 2.46. The standard InChI is InChI=1S/C7H12F3NO4S/c1-2-3-5(4-6(12)13)11-16(14,15)7(8,9)10/h5,11H,2-4H2,1H3,(H,12,13). The van der Waals surface area contributed by atoms with E-state index in [9.17, 15) is 26.4 Å². The van der Waals surface area contributed by atoms with E-state index < -0.39 is 34.0 Å². The fourth-order valence-corrected chi connectivity index (χ4v) is 1.82. The molecule has 0 amide bonds. The van der Waals surface area contributed by atoms with Gasteiger partial charge in [-0.3, -0.25) is 4.79 Å². The summed E-state index contributed by atoms with van der Waals surface area (Å²) in [5.41, 5.74) is -5.42. The minimum Gasteiger partial charge on any atom is -0.481 e. The zero-order valence-electron chi connectivity index (χ0n) is 8.41. The van der Waals surface area contributed by atoms with E-state index in [0.29, 0.717) is 6.42 Å². The van der Waals surface area contributed by atoms with Crippen LogP contribution in [0.3, 0.4) is 0 Å². The predicted octanol–water partition coefficient (Wildman–Crippen LogP) is 1.07. The van der Waals surface area contributed by atoms with Gasteiger partial charge in [0.05, 0.1) is 6.42 Å². The molecule has 96 valence electrons. The van der Waals surface area contributed by atoms with Gasteiger partial charge in [-0.25, -0.2) is 13.1 Å². The van der Waals surface area contributed by atoms with Crippen molar-refractivity contribution in [1.29, 1.82) is 0 Å². The first kappa shape index (κ1) is 15.2. The summed E-state index contributed by atoms with van der Waals surface area (Å²) in [5, 5.41) is 8.39. The summed E-state index contributed by atoms with van der Waals surface area (Å²) in [6, 6.07) is -1.24. The van der Waals surface area contributed by atoms with Gasteiger partial charge in [0.2, 0.25) is 0 Å². The van der Waals surface area contributed by atoms with Gasteiger partial charge in [-0.2, -0.15) is 13.2 Å². The van der Waals surface area contributed by atoms with E-state index in [0.717, 1.165) is 0 Å². The molecule has 1 unspecified atom stereocenters. The highest BCUT2D eigenvalue weighted by atomic mass is 32.2. The molecule has 0 aliphatic heterocycles. The third kappa shape index (κ3) is 4.79. The molecule has 16 heavy (non-hydrogen) atoms. The van der Waals surface area contributed by atoms with Crippen LogP contribution in [0.4, 0.5) is 13.2 Å². The molecule has 1 atom stereocenters. The zero-order valence-corrected chi connectivity index (χ0v) is 9.23. The number of nitrogens with one attached hydrogen (secondary N) is 1. The van der Waals surface area contributed by atoms with Crippen molar-refractivity contribution >= 4 is 16.0 Å². The van der Waals surface area contributed by atoms with Crippen LogP contribution >= 0.6 is 0 Å². The number of alkyl halides is 3. The highest BCUT2D eigenvalue weighted by molar-refractivity contribution is 7.90. The van der Waals surface area contributed by atoms with Crippen LogP contribution in [0.1, 0.15) is 26.2 Å². The lowest BCUT2D eigenvalue weighted by Gasteiger charge is -2.17. The smallest absolute Gasteiger partial charge is 0.481 e. The summed E-state index contributed by atoms with van der Waals surface area (Å²) in [6.45, 7) is 1.61. The van der Waals surface area contributed by atoms with Gasteiger partial charge in [-0.1, -0.05) is 13.3 Å². The minimum absolute atomic E-state index is 0.0294. The number of halogens is 3. The van der Waals surface area contributed by atoms with E-state index in [1.807, 2.05) is 0 Å². The SMILES string of the molecule is CCCC(CC(=O)O)NS(=O)(=O)C(F)(F)F. The van der Waals surface area contributed by atoms with E-state index in [4.69, 9.17) is 5.11 Å². The van der Waals surface area contributed by atoms with E-state index in [1.165, 1.54) is 4.72 Å². The number of sulfonamides is 1. The molecule has 0 aliphatic carbocycles. The van der Waals surface area contributed by atoms with Crippen LogP contribution in [0.5, 0.6) is 0 Å². The molecule has 0 aromatic rings. The molecule has 9 heteroatoms. The molecule has 5 nitrogen and oxygen atoms in total. The number of carbonyl (C=O) groups is 1. The second-order valence-electron chi connectivity index (χ2n) is 3.15. The van der Waals surface area contributed by atoms with Crippen molar-refractivity contribution in [2.75, 3.05) is 0 Å². The molecular weight excluding hydrogens is 251 g/mol.